The van der Waals surface area contributed by atoms with Crippen LogP contribution in [0.3, 0.4) is 0 Å². The summed E-state index contributed by atoms with van der Waals surface area (Å²) < 4.78 is 25.0. The maximum absolute atomic E-state index is 13.8. The SMILES string of the molecule is CCC(CC)(NC)c1ccc(F)c(OCC2CC2)c1.CCCCOCC(C)(C)CC.CO.[HH]. The first-order chi connectivity index (χ1) is 15.3. The lowest BCUT2D eigenvalue weighted by Gasteiger charge is -2.32. The summed E-state index contributed by atoms with van der Waals surface area (Å²) in [5, 5.41) is 10.4. The summed E-state index contributed by atoms with van der Waals surface area (Å²) in [6.07, 6.45) is 7.98. The molecule has 1 aromatic rings. The molecule has 0 saturated heterocycles. The second-order valence-corrected chi connectivity index (χ2v) is 9.36. The van der Waals surface area contributed by atoms with Crippen molar-refractivity contribution in [3.8, 4) is 5.75 Å². The van der Waals surface area contributed by atoms with Crippen molar-refractivity contribution in [2.24, 2.45) is 11.3 Å². The van der Waals surface area contributed by atoms with Gasteiger partial charge in [-0.3, -0.25) is 0 Å². The molecule has 0 amide bonds. The Balaban J connectivity index is 0. The van der Waals surface area contributed by atoms with E-state index in [0.717, 1.165) is 38.7 Å². The molecule has 190 valence electrons. The molecule has 0 aliphatic heterocycles. The molecule has 32 heavy (non-hydrogen) atoms. The molecule has 0 bridgehead atoms. The van der Waals surface area contributed by atoms with Crippen LogP contribution in [0.2, 0.25) is 0 Å². The fraction of sp³-hybridized carbons (Fsp3) is 0.778. The average Bonchev–Trinajstić information content (AvgIpc) is 3.65. The largest absolute Gasteiger partial charge is 0.490 e. The molecule has 0 heterocycles. The van der Waals surface area contributed by atoms with E-state index in [1.165, 1.54) is 38.2 Å². The number of rotatable bonds is 13. The lowest BCUT2D eigenvalue weighted by molar-refractivity contribution is 0.0587. The smallest absolute Gasteiger partial charge is 0.165 e. The Hall–Kier alpha value is -1.17. The molecule has 1 aliphatic carbocycles. The van der Waals surface area contributed by atoms with Gasteiger partial charge in [-0.25, -0.2) is 4.39 Å². The van der Waals surface area contributed by atoms with Gasteiger partial charge in [0.2, 0.25) is 0 Å². The zero-order valence-electron chi connectivity index (χ0n) is 22.0. The zero-order chi connectivity index (χ0) is 24.6. The van der Waals surface area contributed by atoms with Crippen LogP contribution < -0.4 is 10.1 Å². The lowest BCUT2D eigenvalue weighted by atomic mass is 9.85. The Labute approximate surface area is 198 Å². The van der Waals surface area contributed by atoms with Crippen LogP contribution in [0.25, 0.3) is 0 Å². The van der Waals surface area contributed by atoms with Crippen molar-refractivity contribution in [2.75, 3.05) is 34.0 Å². The van der Waals surface area contributed by atoms with Gasteiger partial charge in [-0.15, -0.1) is 0 Å². The van der Waals surface area contributed by atoms with E-state index < -0.39 is 0 Å². The molecule has 5 heteroatoms. The first-order valence-electron chi connectivity index (χ1n) is 12.4. The molecule has 0 atom stereocenters. The Morgan fingerprint density at radius 2 is 1.72 bits per heavy atom. The standard InChI is InChI=1S/C16H24FNO.C10H22O.CH4O.H2/c1-4-16(5-2,18-3)13-8-9-14(17)15(10-13)19-11-12-6-7-12;1-5-7-8-11-9-10(3,4)6-2;1-2;/h8-10,12,18H,4-7,11H2,1-3H3;5-9H2,1-4H3;2H,1H3;1H. The third-order valence-electron chi connectivity index (χ3n) is 6.43. The molecule has 0 spiro atoms. The van der Waals surface area contributed by atoms with Crippen LogP contribution in [0.1, 0.15) is 93.5 Å². The van der Waals surface area contributed by atoms with Gasteiger partial charge in [0, 0.05) is 20.7 Å². The average molecular weight is 458 g/mol. The van der Waals surface area contributed by atoms with Gasteiger partial charge >= 0.3 is 0 Å². The molecule has 2 rings (SSSR count). The molecular weight excluding hydrogens is 405 g/mol. The summed E-state index contributed by atoms with van der Waals surface area (Å²) in [6, 6.07) is 5.25. The van der Waals surface area contributed by atoms with E-state index in [0.29, 0.717) is 23.7 Å². The first-order valence-corrected chi connectivity index (χ1v) is 12.4. The van der Waals surface area contributed by atoms with E-state index in [-0.39, 0.29) is 12.8 Å². The predicted octanol–water partition coefficient (Wildman–Crippen LogP) is 6.94. The van der Waals surface area contributed by atoms with E-state index in [1.54, 1.807) is 0 Å². The Kier molecular flexibility index (Phi) is 15.8. The van der Waals surface area contributed by atoms with Gasteiger partial charge in [-0.05, 0) is 74.6 Å². The lowest BCUT2D eigenvalue weighted by Crippen LogP contribution is -2.38. The molecule has 2 N–H and O–H groups in total. The van der Waals surface area contributed by atoms with Gasteiger partial charge in [-0.1, -0.05) is 54.0 Å². The Morgan fingerprint density at radius 1 is 1.09 bits per heavy atom. The van der Waals surface area contributed by atoms with Crippen molar-refractivity contribution >= 4 is 0 Å². The summed E-state index contributed by atoms with van der Waals surface area (Å²) in [5.74, 6) is 0.766. The number of ether oxygens (including phenoxy) is 2. The van der Waals surface area contributed by atoms with Crippen LogP contribution in [-0.2, 0) is 10.3 Å². The van der Waals surface area contributed by atoms with E-state index in [1.807, 2.05) is 19.2 Å². The number of unbranched alkanes of at least 4 members (excludes halogenated alkanes) is 1. The van der Waals surface area contributed by atoms with Gasteiger partial charge in [0.15, 0.2) is 11.6 Å². The van der Waals surface area contributed by atoms with Crippen molar-refractivity contribution in [2.45, 2.75) is 92.0 Å². The van der Waals surface area contributed by atoms with E-state index in [2.05, 4.69) is 46.9 Å². The van der Waals surface area contributed by atoms with Crippen molar-refractivity contribution in [3.05, 3.63) is 29.6 Å². The fourth-order valence-corrected chi connectivity index (χ4v) is 3.26. The molecular formula is C27H52FNO3. The van der Waals surface area contributed by atoms with Crippen LogP contribution in [0.5, 0.6) is 5.75 Å². The van der Waals surface area contributed by atoms with Crippen LogP contribution in [-0.4, -0.2) is 39.1 Å². The Bertz CT molecular complexity index is 597. The maximum Gasteiger partial charge on any atom is 0.165 e. The van der Waals surface area contributed by atoms with Crippen molar-refractivity contribution in [1.29, 1.82) is 0 Å². The zero-order valence-corrected chi connectivity index (χ0v) is 22.0. The van der Waals surface area contributed by atoms with Crippen LogP contribution in [0.4, 0.5) is 4.39 Å². The van der Waals surface area contributed by atoms with E-state index in [9.17, 15) is 4.39 Å². The number of aliphatic hydroxyl groups is 1. The predicted molar refractivity (Wildman–Crippen MR) is 136 cm³/mol. The molecule has 0 aromatic heterocycles. The van der Waals surface area contributed by atoms with E-state index >= 15 is 0 Å². The van der Waals surface area contributed by atoms with Crippen molar-refractivity contribution in [3.63, 3.8) is 0 Å². The second-order valence-electron chi connectivity index (χ2n) is 9.36. The van der Waals surface area contributed by atoms with Gasteiger partial charge in [0.25, 0.3) is 0 Å². The van der Waals surface area contributed by atoms with Gasteiger partial charge in [0.1, 0.15) is 0 Å². The Morgan fingerprint density at radius 3 is 2.19 bits per heavy atom. The van der Waals surface area contributed by atoms with E-state index in [4.69, 9.17) is 14.6 Å². The van der Waals surface area contributed by atoms with Crippen molar-refractivity contribution < 1.29 is 20.4 Å². The highest BCUT2D eigenvalue weighted by molar-refractivity contribution is 5.35. The molecule has 0 radical (unpaired) electrons. The molecule has 1 saturated carbocycles. The molecule has 0 unspecified atom stereocenters. The number of benzene rings is 1. The number of aliphatic hydroxyl groups excluding tert-OH is 1. The first kappa shape index (κ1) is 30.8. The minimum atomic E-state index is -0.262. The number of halogens is 1. The van der Waals surface area contributed by atoms with Crippen molar-refractivity contribution in [1.82, 2.24) is 5.32 Å². The minimum absolute atomic E-state index is 0. The number of hydrogen-bond donors (Lipinski definition) is 2. The summed E-state index contributed by atoms with van der Waals surface area (Å²) in [7, 11) is 2.96. The molecule has 1 fully saturated rings. The fourth-order valence-electron chi connectivity index (χ4n) is 3.26. The quantitative estimate of drug-likeness (QED) is 0.315. The third kappa shape index (κ3) is 11.1. The summed E-state index contributed by atoms with van der Waals surface area (Å²) in [4.78, 5) is 0. The van der Waals surface area contributed by atoms with Gasteiger partial charge < -0.3 is 19.9 Å². The minimum Gasteiger partial charge on any atom is -0.490 e. The molecule has 1 aliphatic rings. The van der Waals surface area contributed by atoms with Gasteiger partial charge in [0.05, 0.1) is 13.2 Å². The summed E-state index contributed by atoms with van der Waals surface area (Å²) in [6.45, 7) is 15.7. The monoisotopic (exact) mass is 457 g/mol. The van der Waals surface area contributed by atoms with Crippen LogP contribution >= 0.6 is 0 Å². The van der Waals surface area contributed by atoms with Gasteiger partial charge in [-0.2, -0.15) is 0 Å². The highest BCUT2D eigenvalue weighted by Gasteiger charge is 2.28. The number of hydrogen-bond acceptors (Lipinski definition) is 4. The molecule has 1 aromatic carbocycles. The second kappa shape index (κ2) is 16.4. The van der Waals surface area contributed by atoms with Crippen LogP contribution in [0, 0.1) is 17.2 Å². The highest BCUT2D eigenvalue weighted by Crippen LogP contribution is 2.34. The summed E-state index contributed by atoms with van der Waals surface area (Å²) in [5.41, 5.74) is 1.38. The highest BCUT2D eigenvalue weighted by atomic mass is 19.1. The molecule has 4 nitrogen and oxygen atoms in total. The summed E-state index contributed by atoms with van der Waals surface area (Å²) >= 11 is 0. The number of nitrogens with one attached hydrogen (secondary N) is 1. The normalized spacial score (nSPS) is 13.6. The van der Waals surface area contributed by atoms with Crippen LogP contribution in [0.15, 0.2) is 18.2 Å². The topological polar surface area (TPSA) is 50.7 Å². The third-order valence-corrected chi connectivity index (χ3v) is 6.43. The maximum atomic E-state index is 13.8.